The van der Waals surface area contributed by atoms with E-state index in [9.17, 15) is 24.3 Å². The Morgan fingerprint density at radius 2 is 1.39 bits per heavy atom. The Balaban J connectivity index is 3.05. The van der Waals surface area contributed by atoms with Crippen LogP contribution in [0.2, 0.25) is 0 Å². The molecule has 0 amide bonds. The standard InChI is InChI=1S/C24H26O9/c1-4-7-10-13-18(25)30-16-17(31-19(26)14-11-8-5-2)22-21(28)23(24(29)33-22)32-20(27)15-12-9-6-3/h4-15,17,22,28H,16H2,1-3H3/b7-4+,8-5+,9-6+,13-10+,14-11+,15-12+/t17-,22+/m0/s1. The monoisotopic (exact) mass is 458 g/mol. The van der Waals surface area contributed by atoms with Gasteiger partial charge in [-0.3, -0.25) is 0 Å². The summed E-state index contributed by atoms with van der Waals surface area (Å²) in [6.45, 7) is 4.70. The van der Waals surface area contributed by atoms with Gasteiger partial charge in [-0.15, -0.1) is 0 Å². The average molecular weight is 458 g/mol. The molecule has 0 saturated heterocycles. The third kappa shape index (κ3) is 9.69. The largest absolute Gasteiger partial charge is 0.505 e. The number of ether oxygens (including phenoxy) is 4. The van der Waals surface area contributed by atoms with Gasteiger partial charge in [-0.1, -0.05) is 54.7 Å². The number of hydrogen-bond acceptors (Lipinski definition) is 9. The summed E-state index contributed by atoms with van der Waals surface area (Å²) in [5.41, 5.74) is 0. The number of carbonyl (C=O) groups excluding carboxylic acids is 4. The summed E-state index contributed by atoms with van der Waals surface area (Å²) in [7, 11) is 0. The Morgan fingerprint density at radius 3 is 1.94 bits per heavy atom. The number of carbonyl (C=O) groups is 4. The highest BCUT2D eigenvalue weighted by atomic mass is 16.6. The molecule has 0 saturated carbocycles. The summed E-state index contributed by atoms with van der Waals surface area (Å²) in [4.78, 5) is 47.9. The van der Waals surface area contributed by atoms with E-state index in [0.29, 0.717) is 0 Å². The maximum atomic E-state index is 12.1. The van der Waals surface area contributed by atoms with E-state index in [-0.39, 0.29) is 0 Å². The van der Waals surface area contributed by atoms with Crippen molar-refractivity contribution in [2.75, 3.05) is 6.61 Å². The summed E-state index contributed by atoms with van der Waals surface area (Å²) in [5.74, 6) is -5.21. The summed E-state index contributed by atoms with van der Waals surface area (Å²) < 4.78 is 20.1. The average Bonchev–Trinajstić information content (AvgIpc) is 3.05. The lowest BCUT2D eigenvalue weighted by atomic mass is 10.2. The van der Waals surface area contributed by atoms with Gasteiger partial charge >= 0.3 is 23.9 Å². The fourth-order valence-corrected chi connectivity index (χ4v) is 2.26. The van der Waals surface area contributed by atoms with Crippen LogP contribution in [0.3, 0.4) is 0 Å². The van der Waals surface area contributed by atoms with Crippen molar-refractivity contribution >= 4 is 23.9 Å². The van der Waals surface area contributed by atoms with Gasteiger partial charge in [0.1, 0.15) is 6.61 Å². The van der Waals surface area contributed by atoms with Gasteiger partial charge in [0.2, 0.25) is 6.10 Å². The topological polar surface area (TPSA) is 125 Å². The second kappa shape index (κ2) is 14.8. The van der Waals surface area contributed by atoms with Crippen molar-refractivity contribution in [2.24, 2.45) is 0 Å². The molecule has 1 aliphatic heterocycles. The number of aliphatic hydroxyl groups is 1. The number of allylic oxidation sites excluding steroid dienone is 9. The first-order valence-electron chi connectivity index (χ1n) is 9.95. The quantitative estimate of drug-likeness (QED) is 0.215. The lowest BCUT2D eigenvalue weighted by molar-refractivity contribution is -0.166. The Bertz CT molecular complexity index is 930. The Hall–Kier alpha value is -4.14. The minimum Gasteiger partial charge on any atom is -0.505 e. The van der Waals surface area contributed by atoms with E-state index in [1.165, 1.54) is 18.2 Å². The van der Waals surface area contributed by atoms with Crippen LogP contribution in [-0.2, 0) is 38.1 Å². The first-order chi connectivity index (χ1) is 15.8. The van der Waals surface area contributed by atoms with Crippen LogP contribution in [-0.4, -0.2) is 47.8 Å². The Morgan fingerprint density at radius 1 is 0.879 bits per heavy atom. The molecule has 0 unspecified atom stereocenters. The SMILES string of the molecule is C/C=C/C=C/C(=O)OC[C@H](OC(=O)/C=C/C=C/C)[C@H]1OC(=O)C(OC(=O)/C=C/C=C/C)=C1O. The molecule has 0 aromatic carbocycles. The van der Waals surface area contributed by atoms with Crippen LogP contribution >= 0.6 is 0 Å². The van der Waals surface area contributed by atoms with Crippen molar-refractivity contribution in [3.63, 3.8) is 0 Å². The molecular formula is C24H26O9. The van der Waals surface area contributed by atoms with Crippen LogP contribution in [0, 0.1) is 0 Å². The van der Waals surface area contributed by atoms with Crippen molar-refractivity contribution in [1.29, 1.82) is 0 Å². The van der Waals surface area contributed by atoms with Crippen LogP contribution in [0.1, 0.15) is 20.8 Å². The predicted molar refractivity (Wildman–Crippen MR) is 118 cm³/mol. The van der Waals surface area contributed by atoms with Crippen molar-refractivity contribution in [3.8, 4) is 0 Å². The van der Waals surface area contributed by atoms with Gasteiger partial charge in [0, 0.05) is 18.2 Å². The first kappa shape index (κ1) is 26.9. The molecule has 176 valence electrons. The van der Waals surface area contributed by atoms with Crippen LogP contribution in [0.15, 0.2) is 84.4 Å². The number of hydrogen-bond donors (Lipinski definition) is 1. The zero-order valence-corrected chi connectivity index (χ0v) is 18.5. The van der Waals surface area contributed by atoms with E-state index >= 15 is 0 Å². The van der Waals surface area contributed by atoms with E-state index in [1.54, 1.807) is 57.2 Å². The lowest BCUT2D eigenvalue weighted by Crippen LogP contribution is -2.37. The molecular weight excluding hydrogens is 432 g/mol. The van der Waals surface area contributed by atoms with Crippen molar-refractivity contribution in [1.82, 2.24) is 0 Å². The number of esters is 4. The van der Waals surface area contributed by atoms with Gasteiger partial charge in [0.05, 0.1) is 0 Å². The molecule has 33 heavy (non-hydrogen) atoms. The van der Waals surface area contributed by atoms with Crippen molar-refractivity contribution < 1.29 is 43.2 Å². The molecule has 2 atom stereocenters. The van der Waals surface area contributed by atoms with Gasteiger partial charge in [-0.2, -0.15) is 0 Å². The molecule has 1 rings (SSSR count). The smallest absolute Gasteiger partial charge is 0.379 e. The molecule has 0 fully saturated rings. The van der Waals surface area contributed by atoms with E-state index in [2.05, 4.69) is 0 Å². The first-order valence-corrected chi connectivity index (χ1v) is 9.95. The highest BCUT2D eigenvalue weighted by Crippen LogP contribution is 2.26. The molecule has 0 bridgehead atoms. The van der Waals surface area contributed by atoms with Gasteiger partial charge in [-0.25, -0.2) is 19.2 Å². The van der Waals surface area contributed by atoms with Crippen LogP contribution in [0.25, 0.3) is 0 Å². The molecule has 9 heteroatoms. The van der Waals surface area contributed by atoms with E-state index < -0.39 is 54.2 Å². The normalized spacial score (nSPS) is 17.8. The van der Waals surface area contributed by atoms with Gasteiger partial charge in [-0.05, 0) is 20.8 Å². The summed E-state index contributed by atoms with van der Waals surface area (Å²) >= 11 is 0. The van der Waals surface area contributed by atoms with E-state index in [0.717, 1.165) is 18.2 Å². The van der Waals surface area contributed by atoms with E-state index in [1.807, 2.05) is 0 Å². The van der Waals surface area contributed by atoms with Crippen molar-refractivity contribution in [3.05, 3.63) is 84.4 Å². The predicted octanol–water partition coefficient (Wildman–Crippen LogP) is 3.08. The third-order valence-electron chi connectivity index (χ3n) is 3.73. The summed E-state index contributed by atoms with van der Waals surface area (Å²) in [5, 5.41) is 10.4. The zero-order valence-electron chi connectivity index (χ0n) is 18.5. The highest BCUT2D eigenvalue weighted by Gasteiger charge is 2.44. The molecule has 0 aliphatic carbocycles. The number of rotatable bonds is 11. The lowest BCUT2D eigenvalue weighted by Gasteiger charge is -2.21. The summed E-state index contributed by atoms with van der Waals surface area (Å²) in [6.07, 6.45) is 14.3. The van der Waals surface area contributed by atoms with Gasteiger partial charge in [0.15, 0.2) is 11.9 Å². The number of aliphatic hydroxyl groups excluding tert-OH is 1. The van der Waals surface area contributed by atoms with Gasteiger partial charge < -0.3 is 24.1 Å². The van der Waals surface area contributed by atoms with Crippen LogP contribution < -0.4 is 0 Å². The molecule has 1 aliphatic rings. The third-order valence-corrected chi connectivity index (χ3v) is 3.73. The maximum Gasteiger partial charge on any atom is 0.379 e. The molecule has 0 radical (unpaired) electrons. The van der Waals surface area contributed by atoms with E-state index in [4.69, 9.17) is 18.9 Å². The minimum absolute atomic E-state index is 0.549. The molecule has 1 heterocycles. The maximum absolute atomic E-state index is 12.1. The van der Waals surface area contributed by atoms with Crippen LogP contribution in [0.4, 0.5) is 0 Å². The Labute approximate surface area is 191 Å². The second-order valence-corrected chi connectivity index (χ2v) is 6.22. The molecule has 0 aromatic rings. The molecule has 0 spiro atoms. The van der Waals surface area contributed by atoms with Crippen LogP contribution in [0.5, 0.6) is 0 Å². The second-order valence-electron chi connectivity index (χ2n) is 6.22. The minimum atomic E-state index is -1.55. The highest BCUT2D eigenvalue weighted by molar-refractivity contribution is 5.94. The molecule has 9 nitrogen and oxygen atoms in total. The summed E-state index contributed by atoms with van der Waals surface area (Å²) in [6, 6.07) is 0. The molecule has 1 N–H and O–H groups in total. The molecule has 0 aromatic heterocycles. The number of cyclic esters (lactones) is 1. The fraction of sp³-hybridized carbons (Fsp3) is 0.250. The van der Waals surface area contributed by atoms with Crippen molar-refractivity contribution in [2.45, 2.75) is 33.0 Å². The van der Waals surface area contributed by atoms with Gasteiger partial charge in [0.25, 0.3) is 5.76 Å². The fourth-order valence-electron chi connectivity index (χ4n) is 2.26. The Kier molecular flexibility index (Phi) is 12.1. The zero-order chi connectivity index (χ0) is 24.6.